The monoisotopic (exact) mass is 315 g/mol. The van der Waals surface area contributed by atoms with Gasteiger partial charge < -0.3 is 10.6 Å². The Labute approximate surface area is 125 Å². The Morgan fingerprint density at radius 2 is 2.30 bits per heavy atom. The standard InChI is InChI=1S/C12H14ClN3O3S/c1-14-11-9(13)4-7(5-10(11)16(18)19)12(17)15-8-2-3-20-6-8/h4-5,8,14H,2-3,6H2,1H3,(H,15,17). The third-order valence-corrected chi connectivity index (χ3v) is 4.50. The van der Waals surface area contributed by atoms with Crippen LogP contribution in [-0.4, -0.2) is 35.4 Å². The van der Waals surface area contributed by atoms with E-state index in [0.29, 0.717) is 0 Å². The molecule has 8 heteroatoms. The number of hydrogen-bond acceptors (Lipinski definition) is 5. The third kappa shape index (κ3) is 3.16. The summed E-state index contributed by atoms with van der Waals surface area (Å²) in [7, 11) is 1.55. The van der Waals surface area contributed by atoms with Gasteiger partial charge in [0, 0.05) is 30.5 Å². The molecule has 6 nitrogen and oxygen atoms in total. The zero-order chi connectivity index (χ0) is 14.7. The molecule has 2 N–H and O–H groups in total. The number of nitro groups is 1. The summed E-state index contributed by atoms with van der Waals surface area (Å²) in [5.74, 6) is 1.56. The molecule has 0 spiro atoms. The largest absolute Gasteiger partial charge is 0.381 e. The van der Waals surface area contributed by atoms with E-state index in [2.05, 4.69) is 10.6 Å². The van der Waals surface area contributed by atoms with Crippen LogP contribution < -0.4 is 10.6 Å². The number of halogens is 1. The number of benzene rings is 1. The van der Waals surface area contributed by atoms with E-state index in [-0.39, 0.29) is 33.9 Å². The normalized spacial score (nSPS) is 17.8. The molecule has 0 radical (unpaired) electrons. The number of carbonyl (C=O) groups excluding carboxylic acids is 1. The second kappa shape index (κ2) is 6.32. The molecule has 1 aromatic carbocycles. The van der Waals surface area contributed by atoms with Crippen molar-refractivity contribution in [1.29, 1.82) is 0 Å². The number of nitro benzene ring substituents is 1. The van der Waals surface area contributed by atoms with Crippen LogP contribution in [0.1, 0.15) is 16.8 Å². The van der Waals surface area contributed by atoms with E-state index in [9.17, 15) is 14.9 Å². The molecule has 1 amide bonds. The van der Waals surface area contributed by atoms with Crippen molar-refractivity contribution in [2.75, 3.05) is 23.9 Å². The van der Waals surface area contributed by atoms with E-state index in [0.717, 1.165) is 17.9 Å². The lowest BCUT2D eigenvalue weighted by Crippen LogP contribution is -2.34. The van der Waals surface area contributed by atoms with Gasteiger partial charge in [-0.1, -0.05) is 11.6 Å². The summed E-state index contributed by atoms with van der Waals surface area (Å²) >= 11 is 7.77. The van der Waals surface area contributed by atoms with Gasteiger partial charge in [0.1, 0.15) is 5.69 Å². The highest BCUT2D eigenvalue weighted by Gasteiger charge is 2.23. The molecule has 1 fully saturated rings. The Kier molecular flexibility index (Phi) is 4.72. The van der Waals surface area contributed by atoms with Crippen molar-refractivity contribution in [3.8, 4) is 0 Å². The van der Waals surface area contributed by atoms with Gasteiger partial charge in [-0.15, -0.1) is 0 Å². The highest BCUT2D eigenvalue weighted by molar-refractivity contribution is 7.99. The third-order valence-electron chi connectivity index (χ3n) is 3.04. The average molecular weight is 316 g/mol. The molecule has 0 aliphatic carbocycles. The first-order chi connectivity index (χ1) is 9.52. The lowest BCUT2D eigenvalue weighted by molar-refractivity contribution is -0.383. The fourth-order valence-electron chi connectivity index (χ4n) is 2.03. The number of amides is 1. The van der Waals surface area contributed by atoms with Crippen molar-refractivity contribution in [2.24, 2.45) is 0 Å². The molecule has 108 valence electrons. The molecule has 1 aliphatic heterocycles. The van der Waals surface area contributed by atoms with Gasteiger partial charge in [-0.05, 0) is 18.2 Å². The Bertz CT molecular complexity index is 547. The Morgan fingerprint density at radius 3 is 2.85 bits per heavy atom. The minimum absolute atomic E-state index is 0.120. The number of rotatable bonds is 4. The summed E-state index contributed by atoms with van der Waals surface area (Å²) in [5.41, 5.74) is 0.216. The number of nitrogens with zero attached hydrogens (tertiary/aromatic N) is 1. The molecule has 0 saturated carbocycles. The molecule has 1 saturated heterocycles. The van der Waals surface area contributed by atoms with Crippen molar-refractivity contribution in [2.45, 2.75) is 12.5 Å². The smallest absolute Gasteiger partial charge is 0.294 e. The van der Waals surface area contributed by atoms with Crippen LogP contribution in [0.2, 0.25) is 5.02 Å². The van der Waals surface area contributed by atoms with Crippen LogP contribution in [0.25, 0.3) is 0 Å². The molecule has 0 bridgehead atoms. The average Bonchev–Trinajstić information content (AvgIpc) is 2.90. The van der Waals surface area contributed by atoms with E-state index in [1.54, 1.807) is 18.8 Å². The van der Waals surface area contributed by atoms with Crippen LogP contribution >= 0.6 is 23.4 Å². The summed E-state index contributed by atoms with van der Waals surface area (Å²) in [5, 5.41) is 16.7. The quantitative estimate of drug-likeness (QED) is 0.659. The van der Waals surface area contributed by atoms with Crippen molar-refractivity contribution < 1.29 is 9.72 Å². The van der Waals surface area contributed by atoms with Crippen molar-refractivity contribution in [3.63, 3.8) is 0 Å². The van der Waals surface area contributed by atoms with Crippen LogP contribution in [0.5, 0.6) is 0 Å². The molecule has 0 aromatic heterocycles. The fraction of sp³-hybridized carbons (Fsp3) is 0.417. The van der Waals surface area contributed by atoms with Crippen LogP contribution in [0, 0.1) is 10.1 Å². The van der Waals surface area contributed by atoms with E-state index < -0.39 is 4.92 Å². The minimum atomic E-state index is -0.556. The number of thioether (sulfide) groups is 1. The zero-order valence-electron chi connectivity index (χ0n) is 10.8. The molecule has 20 heavy (non-hydrogen) atoms. The SMILES string of the molecule is CNc1c(Cl)cc(C(=O)NC2CCSC2)cc1[N+](=O)[O-]. The maximum absolute atomic E-state index is 12.1. The summed E-state index contributed by atoms with van der Waals surface area (Å²) in [6, 6.07) is 2.81. The van der Waals surface area contributed by atoms with Gasteiger partial charge in [0.05, 0.1) is 9.95 Å². The summed E-state index contributed by atoms with van der Waals surface area (Å²) in [6.07, 6.45) is 0.917. The molecule has 2 rings (SSSR count). The second-order valence-corrected chi connectivity index (χ2v) is 5.95. The number of nitrogens with one attached hydrogen (secondary N) is 2. The number of hydrogen-bond donors (Lipinski definition) is 2. The van der Waals surface area contributed by atoms with Crippen LogP contribution in [0.4, 0.5) is 11.4 Å². The highest BCUT2D eigenvalue weighted by atomic mass is 35.5. The van der Waals surface area contributed by atoms with Crippen LogP contribution in [0.3, 0.4) is 0 Å². The Morgan fingerprint density at radius 1 is 1.55 bits per heavy atom. The molecule has 1 atom stereocenters. The van der Waals surface area contributed by atoms with Gasteiger partial charge in [-0.25, -0.2) is 0 Å². The molecular formula is C12H14ClN3O3S. The zero-order valence-corrected chi connectivity index (χ0v) is 12.4. The Hall–Kier alpha value is -1.47. The minimum Gasteiger partial charge on any atom is -0.381 e. The van der Waals surface area contributed by atoms with Crippen LogP contribution in [-0.2, 0) is 0 Å². The lowest BCUT2D eigenvalue weighted by Gasteiger charge is -2.12. The molecule has 1 aromatic rings. The van der Waals surface area contributed by atoms with E-state index >= 15 is 0 Å². The lowest BCUT2D eigenvalue weighted by atomic mass is 10.1. The van der Waals surface area contributed by atoms with Gasteiger partial charge in [-0.2, -0.15) is 11.8 Å². The van der Waals surface area contributed by atoms with E-state index in [1.165, 1.54) is 12.1 Å². The Balaban J connectivity index is 2.27. The van der Waals surface area contributed by atoms with Gasteiger partial charge in [0.25, 0.3) is 11.6 Å². The maximum atomic E-state index is 12.1. The summed E-state index contributed by atoms with van der Waals surface area (Å²) in [4.78, 5) is 22.6. The maximum Gasteiger partial charge on any atom is 0.294 e. The van der Waals surface area contributed by atoms with Crippen LogP contribution in [0.15, 0.2) is 12.1 Å². The van der Waals surface area contributed by atoms with Gasteiger partial charge >= 0.3 is 0 Å². The number of anilines is 1. The molecule has 1 unspecified atom stereocenters. The topological polar surface area (TPSA) is 84.3 Å². The summed E-state index contributed by atoms with van der Waals surface area (Å²) in [6.45, 7) is 0. The van der Waals surface area contributed by atoms with E-state index in [4.69, 9.17) is 11.6 Å². The first-order valence-corrected chi connectivity index (χ1v) is 7.60. The van der Waals surface area contributed by atoms with Crippen molar-refractivity contribution in [3.05, 3.63) is 32.8 Å². The first kappa shape index (κ1) is 14.9. The van der Waals surface area contributed by atoms with E-state index in [1.807, 2.05) is 0 Å². The number of carbonyl (C=O) groups is 1. The van der Waals surface area contributed by atoms with Crippen molar-refractivity contribution >= 4 is 40.6 Å². The molecule has 1 heterocycles. The highest BCUT2D eigenvalue weighted by Crippen LogP contribution is 2.33. The second-order valence-electron chi connectivity index (χ2n) is 4.39. The predicted molar refractivity (Wildman–Crippen MR) is 80.8 cm³/mol. The molecular weight excluding hydrogens is 302 g/mol. The first-order valence-electron chi connectivity index (χ1n) is 6.07. The summed E-state index contributed by atoms with van der Waals surface area (Å²) < 4.78 is 0. The van der Waals surface area contributed by atoms with Crippen molar-refractivity contribution in [1.82, 2.24) is 5.32 Å². The van der Waals surface area contributed by atoms with Gasteiger partial charge in [0.15, 0.2) is 0 Å². The fourth-order valence-corrected chi connectivity index (χ4v) is 3.49. The predicted octanol–water partition coefficient (Wildman–Crippen LogP) is 2.53. The molecule has 1 aliphatic rings. The van der Waals surface area contributed by atoms with Gasteiger partial charge in [0.2, 0.25) is 0 Å². The van der Waals surface area contributed by atoms with Gasteiger partial charge in [-0.3, -0.25) is 14.9 Å².